The zero-order valence-electron chi connectivity index (χ0n) is 15.4. The molecule has 0 aromatic rings. The topological polar surface area (TPSA) is 171 Å². The molecule has 0 aromatic heterocycles. The van der Waals surface area contributed by atoms with Gasteiger partial charge in [0.1, 0.15) is 6.04 Å². The third-order valence-corrected chi connectivity index (χ3v) is 4.57. The summed E-state index contributed by atoms with van der Waals surface area (Å²) in [6, 6.07) is -1.83. The first-order valence-electron chi connectivity index (χ1n) is 8.66. The number of nitrogens with one attached hydrogen (secondary N) is 1. The maximum atomic E-state index is 13.0. The van der Waals surface area contributed by atoms with Gasteiger partial charge >= 0.3 is 5.97 Å². The summed E-state index contributed by atoms with van der Waals surface area (Å²) in [7, 11) is 0. The van der Waals surface area contributed by atoms with Crippen molar-refractivity contribution in [1.82, 2.24) is 10.2 Å². The molecule has 0 aliphatic heterocycles. The largest absolute Gasteiger partial charge is 0.479 e. The SMILES string of the molecule is CCCN(CC)C(=O)C(NC(C)=O)[C@H]1C[C@@](O)(C(=O)O)C[C@@H]1N=C(N)N. The third kappa shape index (κ3) is 5.07. The standard InChI is InChI=1S/C16H29N5O5/c1-4-6-21(5-2)13(23)12(19-9(3)22)10-7-16(26,14(24)25)8-11(10)20-15(17)18/h10-12,26H,4-8H2,1-3H3,(H,19,22)(H,24,25)(H4,17,18,20)/t10-,11-,12?,16-/m0/s1. The number of aliphatic hydroxyl groups is 1. The summed E-state index contributed by atoms with van der Waals surface area (Å²) >= 11 is 0. The van der Waals surface area contributed by atoms with Crippen LogP contribution in [0.2, 0.25) is 0 Å². The van der Waals surface area contributed by atoms with Crippen molar-refractivity contribution in [2.75, 3.05) is 13.1 Å². The van der Waals surface area contributed by atoms with E-state index in [0.717, 1.165) is 6.42 Å². The third-order valence-electron chi connectivity index (χ3n) is 4.57. The average molecular weight is 371 g/mol. The van der Waals surface area contributed by atoms with Gasteiger partial charge in [0.25, 0.3) is 0 Å². The number of amides is 2. The van der Waals surface area contributed by atoms with Crippen molar-refractivity contribution in [3.05, 3.63) is 0 Å². The summed E-state index contributed by atoms with van der Waals surface area (Å²) < 4.78 is 0. The van der Waals surface area contributed by atoms with E-state index in [1.165, 1.54) is 6.92 Å². The maximum Gasteiger partial charge on any atom is 0.335 e. The molecule has 0 heterocycles. The fraction of sp³-hybridized carbons (Fsp3) is 0.750. The van der Waals surface area contributed by atoms with Crippen LogP contribution in [-0.2, 0) is 14.4 Å². The van der Waals surface area contributed by atoms with Crippen LogP contribution in [0, 0.1) is 5.92 Å². The number of nitrogens with zero attached hydrogens (tertiary/aromatic N) is 2. The fourth-order valence-corrected chi connectivity index (χ4v) is 3.42. The normalized spacial score (nSPS) is 26.0. The van der Waals surface area contributed by atoms with Crippen molar-refractivity contribution >= 4 is 23.7 Å². The van der Waals surface area contributed by atoms with Gasteiger partial charge in [-0.2, -0.15) is 0 Å². The molecule has 1 aliphatic carbocycles. The number of carbonyl (C=O) groups is 3. The molecule has 10 nitrogen and oxygen atoms in total. The van der Waals surface area contributed by atoms with Gasteiger partial charge in [0.2, 0.25) is 11.8 Å². The Balaban J connectivity index is 3.27. The molecule has 10 heteroatoms. The van der Waals surface area contributed by atoms with Crippen molar-refractivity contribution in [2.45, 2.75) is 57.7 Å². The molecule has 26 heavy (non-hydrogen) atoms. The predicted molar refractivity (Wildman–Crippen MR) is 95.1 cm³/mol. The Labute approximate surface area is 152 Å². The monoisotopic (exact) mass is 371 g/mol. The van der Waals surface area contributed by atoms with E-state index in [1.807, 2.05) is 13.8 Å². The van der Waals surface area contributed by atoms with Gasteiger partial charge in [-0.3, -0.25) is 9.59 Å². The lowest BCUT2D eigenvalue weighted by atomic mass is 9.91. The molecule has 1 aliphatic rings. The number of aliphatic carboxylic acids is 1. The number of hydrogen-bond acceptors (Lipinski definition) is 5. The molecule has 0 spiro atoms. The number of carboxylic acids is 1. The molecule has 1 rings (SSSR count). The number of likely N-dealkylation sites (N-methyl/N-ethyl adjacent to an activating group) is 1. The van der Waals surface area contributed by atoms with E-state index < -0.39 is 35.5 Å². The lowest BCUT2D eigenvalue weighted by molar-refractivity contribution is -0.158. The lowest BCUT2D eigenvalue weighted by Gasteiger charge is -2.31. The number of guanidine groups is 1. The smallest absolute Gasteiger partial charge is 0.335 e. The zero-order chi connectivity index (χ0) is 20.1. The predicted octanol–water partition coefficient (Wildman–Crippen LogP) is -1.38. The summed E-state index contributed by atoms with van der Waals surface area (Å²) in [5.41, 5.74) is 8.79. The molecule has 7 N–H and O–H groups in total. The summed E-state index contributed by atoms with van der Waals surface area (Å²) in [4.78, 5) is 41.7. The second kappa shape index (κ2) is 8.84. The number of rotatable bonds is 8. The van der Waals surface area contributed by atoms with E-state index in [4.69, 9.17) is 11.5 Å². The van der Waals surface area contributed by atoms with Crippen molar-refractivity contribution in [1.29, 1.82) is 0 Å². The van der Waals surface area contributed by atoms with Crippen molar-refractivity contribution in [3.63, 3.8) is 0 Å². The van der Waals surface area contributed by atoms with Crippen LogP contribution in [0.5, 0.6) is 0 Å². The number of nitrogens with two attached hydrogens (primary N) is 2. The highest BCUT2D eigenvalue weighted by Gasteiger charge is 2.53. The van der Waals surface area contributed by atoms with Gasteiger partial charge in [0.05, 0.1) is 6.04 Å². The second-order valence-corrected chi connectivity index (χ2v) is 6.63. The highest BCUT2D eigenvalue weighted by Crippen LogP contribution is 2.39. The molecule has 1 fully saturated rings. The zero-order valence-corrected chi connectivity index (χ0v) is 15.4. The fourth-order valence-electron chi connectivity index (χ4n) is 3.42. The molecule has 4 atom stereocenters. The van der Waals surface area contributed by atoms with E-state index in [9.17, 15) is 24.6 Å². The Kier molecular flexibility index (Phi) is 7.37. The number of carboxylic acid groups (broad SMARTS) is 1. The molecule has 0 radical (unpaired) electrons. The van der Waals surface area contributed by atoms with Crippen LogP contribution < -0.4 is 16.8 Å². The first-order valence-corrected chi connectivity index (χ1v) is 8.66. The van der Waals surface area contributed by atoms with E-state index in [0.29, 0.717) is 13.1 Å². The molecular weight excluding hydrogens is 342 g/mol. The van der Waals surface area contributed by atoms with Crippen molar-refractivity contribution < 1.29 is 24.6 Å². The van der Waals surface area contributed by atoms with E-state index in [2.05, 4.69) is 10.3 Å². The summed E-state index contributed by atoms with van der Waals surface area (Å²) in [5, 5.41) is 22.3. The summed E-state index contributed by atoms with van der Waals surface area (Å²) in [5.74, 6) is -3.22. The first-order chi connectivity index (χ1) is 12.1. The van der Waals surface area contributed by atoms with Gasteiger partial charge in [-0.25, -0.2) is 9.79 Å². The Morgan fingerprint density at radius 1 is 1.31 bits per heavy atom. The first kappa shape index (κ1) is 21.7. The van der Waals surface area contributed by atoms with E-state index in [1.54, 1.807) is 4.90 Å². The van der Waals surface area contributed by atoms with Gasteiger partial charge in [-0.1, -0.05) is 6.92 Å². The molecule has 1 saturated carbocycles. The van der Waals surface area contributed by atoms with Crippen molar-refractivity contribution in [3.8, 4) is 0 Å². The van der Waals surface area contributed by atoms with Gasteiger partial charge in [-0.05, 0) is 19.8 Å². The Morgan fingerprint density at radius 3 is 2.35 bits per heavy atom. The summed E-state index contributed by atoms with van der Waals surface area (Å²) in [6.07, 6.45) is 0.242. The van der Waals surface area contributed by atoms with Crippen LogP contribution in [-0.4, -0.2) is 69.6 Å². The highest BCUT2D eigenvalue weighted by molar-refractivity contribution is 5.88. The Hall–Kier alpha value is -2.36. The van der Waals surface area contributed by atoms with Crippen molar-refractivity contribution in [2.24, 2.45) is 22.4 Å². The van der Waals surface area contributed by atoms with Crippen LogP contribution >= 0.6 is 0 Å². The number of aliphatic imine (C=N–C) groups is 1. The summed E-state index contributed by atoms with van der Waals surface area (Å²) in [6.45, 7) is 5.93. The van der Waals surface area contributed by atoms with Gasteiger partial charge < -0.3 is 31.9 Å². The van der Waals surface area contributed by atoms with Crippen LogP contribution in [0.15, 0.2) is 4.99 Å². The van der Waals surface area contributed by atoms with Crippen LogP contribution in [0.3, 0.4) is 0 Å². The minimum Gasteiger partial charge on any atom is -0.479 e. The molecule has 1 unspecified atom stereocenters. The second-order valence-electron chi connectivity index (χ2n) is 6.63. The molecule has 0 aromatic carbocycles. The molecule has 0 saturated heterocycles. The quantitative estimate of drug-likeness (QED) is 0.258. The van der Waals surface area contributed by atoms with Gasteiger partial charge in [0, 0.05) is 32.4 Å². The Bertz CT molecular complexity index is 577. The molecule has 148 valence electrons. The number of carbonyl (C=O) groups excluding carboxylic acids is 2. The van der Waals surface area contributed by atoms with Crippen LogP contribution in [0.25, 0.3) is 0 Å². The average Bonchev–Trinajstić information content (AvgIpc) is 2.86. The number of hydrogen-bond donors (Lipinski definition) is 5. The lowest BCUT2D eigenvalue weighted by Crippen LogP contribution is -2.53. The molecular formula is C16H29N5O5. The van der Waals surface area contributed by atoms with E-state index in [-0.39, 0.29) is 24.7 Å². The Morgan fingerprint density at radius 2 is 1.92 bits per heavy atom. The van der Waals surface area contributed by atoms with Crippen LogP contribution in [0.1, 0.15) is 40.0 Å². The molecule has 0 bridgehead atoms. The van der Waals surface area contributed by atoms with Crippen LogP contribution in [0.4, 0.5) is 0 Å². The van der Waals surface area contributed by atoms with E-state index >= 15 is 0 Å². The maximum absolute atomic E-state index is 13.0. The minimum atomic E-state index is -2.06. The van der Waals surface area contributed by atoms with Gasteiger partial charge in [0.15, 0.2) is 11.6 Å². The van der Waals surface area contributed by atoms with Gasteiger partial charge in [-0.15, -0.1) is 0 Å². The molecule has 2 amide bonds. The minimum absolute atomic E-state index is 0.242. The highest BCUT2D eigenvalue weighted by atomic mass is 16.4.